The first-order chi connectivity index (χ1) is 9.30. The van der Waals surface area contributed by atoms with E-state index < -0.39 is 55.6 Å². The van der Waals surface area contributed by atoms with Crippen LogP contribution in [-0.4, -0.2) is 80.3 Å². The van der Waals surface area contributed by atoms with Gasteiger partial charge in [0.2, 0.25) is 0 Å². The van der Waals surface area contributed by atoms with E-state index in [4.69, 9.17) is 14.6 Å². The Kier molecular flexibility index (Phi) is 6.29. The maximum absolute atomic E-state index is 10.1. The van der Waals surface area contributed by atoms with Crippen molar-refractivity contribution >= 4 is 0 Å². The molecule has 0 saturated carbocycles. The molecule has 1 heterocycles. The monoisotopic (exact) mass is 296 g/mol. The van der Waals surface area contributed by atoms with Crippen molar-refractivity contribution < 1.29 is 40.1 Å². The lowest BCUT2D eigenvalue weighted by atomic mass is 9.75. The molecule has 20 heavy (non-hydrogen) atoms. The van der Waals surface area contributed by atoms with Crippen LogP contribution in [-0.2, 0) is 9.47 Å². The molecule has 0 aromatic heterocycles. The van der Waals surface area contributed by atoms with Gasteiger partial charge < -0.3 is 40.1 Å². The molecule has 0 radical (unpaired) electrons. The fraction of sp³-hybridized carbons (Fsp3) is 1.00. The van der Waals surface area contributed by atoms with Gasteiger partial charge in [0.1, 0.15) is 6.10 Å². The van der Waals surface area contributed by atoms with E-state index in [1.54, 1.807) is 13.8 Å². The maximum atomic E-state index is 10.1. The number of rotatable bonds is 6. The van der Waals surface area contributed by atoms with Crippen molar-refractivity contribution in [3.63, 3.8) is 0 Å². The van der Waals surface area contributed by atoms with Crippen molar-refractivity contribution in [3.05, 3.63) is 0 Å². The van der Waals surface area contributed by atoms with Gasteiger partial charge in [0.05, 0.1) is 31.0 Å². The van der Waals surface area contributed by atoms with Gasteiger partial charge >= 0.3 is 0 Å². The highest BCUT2D eigenvalue weighted by molar-refractivity contribution is 4.98. The van der Waals surface area contributed by atoms with Crippen molar-refractivity contribution in [3.8, 4) is 0 Å². The standard InChI is InChI=1S/C12H24O8/c1-3-12(2,20-7(15)5-14)8-6(4-13)19-11(18)10(17)9(8)16/h6-11,13-18H,3-5H2,1-2H3/t6?,7-,8?,9?,10?,11?,12?/m1/s1. The molecule has 6 unspecified atom stereocenters. The Bertz CT molecular complexity index is 299. The molecule has 0 aromatic carbocycles. The molecule has 0 aliphatic carbocycles. The van der Waals surface area contributed by atoms with Gasteiger partial charge in [-0.15, -0.1) is 0 Å². The highest BCUT2D eigenvalue weighted by atomic mass is 16.6. The SMILES string of the molecule is CCC(C)(O[C@@H](O)CO)C1C(CO)OC(O)C(O)C1O. The van der Waals surface area contributed by atoms with Crippen LogP contribution in [0.2, 0.25) is 0 Å². The summed E-state index contributed by atoms with van der Waals surface area (Å²) in [4.78, 5) is 0. The fourth-order valence-electron chi connectivity index (χ4n) is 2.60. The van der Waals surface area contributed by atoms with Gasteiger partial charge in [-0.05, 0) is 13.3 Å². The predicted octanol–water partition coefficient (Wildman–Crippen LogP) is -2.47. The Morgan fingerprint density at radius 2 is 1.80 bits per heavy atom. The summed E-state index contributed by atoms with van der Waals surface area (Å²) in [7, 11) is 0. The van der Waals surface area contributed by atoms with Crippen LogP contribution in [0.25, 0.3) is 0 Å². The van der Waals surface area contributed by atoms with Crippen LogP contribution in [0.5, 0.6) is 0 Å². The zero-order valence-corrected chi connectivity index (χ0v) is 11.6. The molecule has 6 N–H and O–H groups in total. The van der Waals surface area contributed by atoms with E-state index in [1.165, 1.54) is 0 Å². The van der Waals surface area contributed by atoms with E-state index in [2.05, 4.69) is 0 Å². The van der Waals surface area contributed by atoms with Crippen LogP contribution < -0.4 is 0 Å². The normalized spacial score (nSPS) is 39.3. The van der Waals surface area contributed by atoms with Crippen LogP contribution in [0.1, 0.15) is 20.3 Å². The van der Waals surface area contributed by atoms with E-state index in [1.807, 2.05) is 0 Å². The minimum Gasteiger partial charge on any atom is -0.394 e. The molecule has 1 saturated heterocycles. The van der Waals surface area contributed by atoms with Gasteiger partial charge in [-0.25, -0.2) is 0 Å². The van der Waals surface area contributed by atoms with Crippen LogP contribution >= 0.6 is 0 Å². The molecular formula is C12H24O8. The Morgan fingerprint density at radius 1 is 1.20 bits per heavy atom. The Hall–Kier alpha value is -0.320. The summed E-state index contributed by atoms with van der Waals surface area (Å²) in [6.07, 6.45) is -6.69. The van der Waals surface area contributed by atoms with E-state index in [0.717, 1.165) is 0 Å². The maximum Gasteiger partial charge on any atom is 0.183 e. The summed E-state index contributed by atoms with van der Waals surface area (Å²) in [5.41, 5.74) is -1.17. The molecule has 0 spiro atoms. The van der Waals surface area contributed by atoms with E-state index in [0.29, 0.717) is 6.42 Å². The van der Waals surface area contributed by atoms with Gasteiger partial charge in [0.25, 0.3) is 0 Å². The van der Waals surface area contributed by atoms with Gasteiger partial charge in [-0.1, -0.05) is 6.92 Å². The first kappa shape index (κ1) is 17.7. The molecule has 1 aliphatic rings. The lowest BCUT2D eigenvalue weighted by Crippen LogP contribution is -2.63. The molecule has 8 heteroatoms. The highest BCUT2D eigenvalue weighted by Gasteiger charge is 2.52. The zero-order valence-electron chi connectivity index (χ0n) is 11.6. The third kappa shape index (κ3) is 3.46. The van der Waals surface area contributed by atoms with E-state index in [-0.39, 0.29) is 0 Å². The van der Waals surface area contributed by atoms with Crippen molar-refractivity contribution in [2.75, 3.05) is 13.2 Å². The second kappa shape index (κ2) is 7.10. The first-order valence-corrected chi connectivity index (χ1v) is 6.58. The fourth-order valence-corrected chi connectivity index (χ4v) is 2.60. The van der Waals surface area contributed by atoms with Gasteiger partial charge in [0.15, 0.2) is 12.6 Å². The van der Waals surface area contributed by atoms with Gasteiger partial charge in [-0.2, -0.15) is 0 Å². The molecule has 0 amide bonds. The summed E-state index contributed by atoms with van der Waals surface area (Å²) in [6, 6.07) is 0. The van der Waals surface area contributed by atoms with Crippen LogP contribution in [0.15, 0.2) is 0 Å². The topological polar surface area (TPSA) is 140 Å². The summed E-state index contributed by atoms with van der Waals surface area (Å²) < 4.78 is 10.4. The highest BCUT2D eigenvalue weighted by Crippen LogP contribution is 2.38. The number of aliphatic hydroxyl groups is 6. The quantitative estimate of drug-likeness (QED) is 0.296. The van der Waals surface area contributed by atoms with Gasteiger partial charge in [-0.3, -0.25) is 0 Å². The van der Waals surface area contributed by atoms with Crippen LogP contribution in [0.3, 0.4) is 0 Å². The molecule has 8 nitrogen and oxygen atoms in total. The smallest absolute Gasteiger partial charge is 0.183 e. The molecule has 1 aliphatic heterocycles. The van der Waals surface area contributed by atoms with Crippen LogP contribution in [0, 0.1) is 5.92 Å². The number of ether oxygens (including phenoxy) is 2. The second-order valence-electron chi connectivity index (χ2n) is 5.18. The Labute approximate surface area is 117 Å². The lowest BCUT2D eigenvalue weighted by molar-refractivity contribution is -0.316. The van der Waals surface area contributed by atoms with Crippen molar-refractivity contribution in [2.45, 2.75) is 56.8 Å². The van der Waals surface area contributed by atoms with Crippen molar-refractivity contribution in [2.24, 2.45) is 5.92 Å². The minimum atomic E-state index is -1.61. The molecule has 1 rings (SSSR count). The summed E-state index contributed by atoms with van der Waals surface area (Å²) in [5.74, 6) is -0.892. The second-order valence-corrected chi connectivity index (χ2v) is 5.18. The average molecular weight is 296 g/mol. The van der Waals surface area contributed by atoms with Crippen molar-refractivity contribution in [1.82, 2.24) is 0 Å². The molecule has 0 aromatic rings. The predicted molar refractivity (Wildman–Crippen MR) is 66.3 cm³/mol. The molecule has 0 bridgehead atoms. The molecule has 7 atom stereocenters. The average Bonchev–Trinajstić information content (AvgIpc) is 2.43. The summed E-state index contributed by atoms with van der Waals surface area (Å²) >= 11 is 0. The Morgan fingerprint density at radius 3 is 2.25 bits per heavy atom. The lowest BCUT2D eigenvalue weighted by Gasteiger charge is -2.48. The first-order valence-electron chi connectivity index (χ1n) is 6.58. The van der Waals surface area contributed by atoms with Crippen LogP contribution in [0.4, 0.5) is 0 Å². The third-order valence-corrected chi connectivity index (χ3v) is 3.87. The number of aliphatic hydroxyl groups excluding tert-OH is 6. The minimum absolute atomic E-state index is 0.314. The van der Waals surface area contributed by atoms with Crippen molar-refractivity contribution in [1.29, 1.82) is 0 Å². The molecule has 1 fully saturated rings. The third-order valence-electron chi connectivity index (χ3n) is 3.87. The largest absolute Gasteiger partial charge is 0.394 e. The van der Waals surface area contributed by atoms with Gasteiger partial charge in [0, 0.05) is 5.92 Å². The zero-order chi connectivity index (χ0) is 15.5. The number of hydrogen-bond donors (Lipinski definition) is 6. The molecule has 120 valence electrons. The van der Waals surface area contributed by atoms with E-state index in [9.17, 15) is 25.5 Å². The van der Waals surface area contributed by atoms with E-state index >= 15 is 0 Å². The summed E-state index contributed by atoms with van der Waals surface area (Å²) in [5, 5.41) is 57.0. The number of hydrogen-bond acceptors (Lipinski definition) is 8. The Balaban J connectivity index is 3.02. The molecular weight excluding hydrogens is 272 g/mol. The summed E-state index contributed by atoms with van der Waals surface area (Å²) in [6.45, 7) is 2.16.